The van der Waals surface area contributed by atoms with Crippen LogP contribution in [0.5, 0.6) is 0 Å². The number of benzene rings is 1. The second-order valence-corrected chi connectivity index (χ2v) is 4.22. The third-order valence-corrected chi connectivity index (χ3v) is 3.12. The van der Waals surface area contributed by atoms with Crippen molar-refractivity contribution in [2.45, 2.75) is 26.3 Å². The molecule has 4 nitrogen and oxygen atoms in total. The molecule has 4 heteroatoms. The molecule has 1 heterocycles. The van der Waals surface area contributed by atoms with Gasteiger partial charge in [0.1, 0.15) is 11.6 Å². The number of hydrogen-bond acceptors (Lipinski definition) is 3. The number of nitrogens with zero attached hydrogens (tertiary/aromatic N) is 3. The van der Waals surface area contributed by atoms with Crippen LogP contribution in [0.15, 0.2) is 24.3 Å². The molecule has 0 atom stereocenters. The average molecular weight is 230 g/mol. The molecule has 0 fully saturated rings. The molecule has 0 saturated carbocycles. The van der Waals surface area contributed by atoms with Gasteiger partial charge in [0.05, 0.1) is 6.54 Å². The van der Waals surface area contributed by atoms with Gasteiger partial charge in [-0.3, -0.25) is 0 Å². The van der Waals surface area contributed by atoms with Crippen molar-refractivity contribution in [1.82, 2.24) is 14.8 Å². The highest BCUT2D eigenvalue weighted by atomic mass is 15.3. The van der Waals surface area contributed by atoms with Crippen LogP contribution in [0, 0.1) is 6.92 Å². The minimum Gasteiger partial charge on any atom is -0.324 e. The average Bonchev–Trinajstić information content (AvgIpc) is 2.69. The van der Waals surface area contributed by atoms with Crippen LogP contribution in [-0.2, 0) is 26.4 Å². The predicted octanol–water partition coefficient (Wildman–Crippen LogP) is 1.37. The monoisotopic (exact) mass is 230 g/mol. The van der Waals surface area contributed by atoms with Gasteiger partial charge in [-0.05, 0) is 24.5 Å². The summed E-state index contributed by atoms with van der Waals surface area (Å²) in [6, 6.07) is 8.44. The summed E-state index contributed by atoms with van der Waals surface area (Å²) in [5, 5.41) is 8.22. The zero-order chi connectivity index (χ0) is 12.3. The third kappa shape index (κ3) is 2.53. The van der Waals surface area contributed by atoms with E-state index in [-0.39, 0.29) is 0 Å². The Labute approximate surface area is 101 Å². The van der Waals surface area contributed by atoms with E-state index in [1.165, 1.54) is 11.1 Å². The normalized spacial score (nSPS) is 10.8. The molecule has 2 N–H and O–H groups in total. The summed E-state index contributed by atoms with van der Waals surface area (Å²) < 4.78 is 1.98. The van der Waals surface area contributed by atoms with E-state index in [1.54, 1.807) is 0 Å². The van der Waals surface area contributed by atoms with Crippen molar-refractivity contribution >= 4 is 0 Å². The molecule has 2 rings (SSSR count). The van der Waals surface area contributed by atoms with Gasteiger partial charge in [-0.25, -0.2) is 0 Å². The maximum absolute atomic E-state index is 5.57. The first-order valence-corrected chi connectivity index (χ1v) is 5.84. The van der Waals surface area contributed by atoms with Gasteiger partial charge >= 0.3 is 0 Å². The van der Waals surface area contributed by atoms with E-state index in [0.717, 1.165) is 24.5 Å². The Balaban J connectivity index is 2.07. The molecule has 1 aromatic carbocycles. The fourth-order valence-electron chi connectivity index (χ4n) is 1.93. The van der Waals surface area contributed by atoms with Crippen LogP contribution in [0.4, 0.5) is 0 Å². The van der Waals surface area contributed by atoms with Crippen molar-refractivity contribution in [3.8, 4) is 0 Å². The van der Waals surface area contributed by atoms with Crippen LogP contribution in [0.3, 0.4) is 0 Å². The van der Waals surface area contributed by atoms with E-state index in [1.807, 2.05) is 11.6 Å². The molecule has 0 spiro atoms. The van der Waals surface area contributed by atoms with Crippen LogP contribution in [0.25, 0.3) is 0 Å². The number of nitrogens with two attached hydrogens (primary N) is 1. The SMILES string of the molecule is Cc1ccccc1CCc1nnc(CN)n1C. The van der Waals surface area contributed by atoms with Gasteiger partial charge in [0, 0.05) is 13.5 Å². The molecule has 90 valence electrons. The fraction of sp³-hybridized carbons (Fsp3) is 0.385. The molecule has 0 aliphatic heterocycles. The summed E-state index contributed by atoms with van der Waals surface area (Å²) in [4.78, 5) is 0. The zero-order valence-corrected chi connectivity index (χ0v) is 10.3. The summed E-state index contributed by atoms with van der Waals surface area (Å²) in [5.74, 6) is 1.83. The molecule has 0 amide bonds. The number of aromatic nitrogens is 3. The van der Waals surface area contributed by atoms with Crippen molar-refractivity contribution in [3.05, 3.63) is 47.0 Å². The highest BCUT2D eigenvalue weighted by Crippen LogP contribution is 2.10. The Hall–Kier alpha value is -1.68. The summed E-state index contributed by atoms with van der Waals surface area (Å²) >= 11 is 0. The summed E-state index contributed by atoms with van der Waals surface area (Å²) in [6.45, 7) is 2.57. The number of aryl methyl sites for hydroxylation is 3. The third-order valence-electron chi connectivity index (χ3n) is 3.12. The van der Waals surface area contributed by atoms with Crippen LogP contribution < -0.4 is 5.73 Å². The molecule has 2 aromatic rings. The van der Waals surface area contributed by atoms with Crippen LogP contribution >= 0.6 is 0 Å². The van der Waals surface area contributed by atoms with Crippen molar-refractivity contribution in [1.29, 1.82) is 0 Å². The predicted molar refractivity (Wildman–Crippen MR) is 67.5 cm³/mol. The Morgan fingerprint density at radius 2 is 1.82 bits per heavy atom. The van der Waals surface area contributed by atoms with E-state index in [9.17, 15) is 0 Å². The van der Waals surface area contributed by atoms with Gasteiger partial charge in [-0.15, -0.1) is 10.2 Å². The van der Waals surface area contributed by atoms with Gasteiger partial charge < -0.3 is 10.3 Å². The van der Waals surface area contributed by atoms with Crippen molar-refractivity contribution < 1.29 is 0 Å². The molecule has 1 aromatic heterocycles. The standard InChI is InChI=1S/C13H18N4/c1-10-5-3-4-6-11(10)7-8-12-15-16-13(9-14)17(12)2/h3-6H,7-9,14H2,1-2H3. The van der Waals surface area contributed by atoms with Gasteiger partial charge in [0.25, 0.3) is 0 Å². The Bertz CT molecular complexity index is 502. The van der Waals surface area contributed by atoms with Crippen molar-refractivity contribution in [2.24, 2.45) is 12.8 Å². The van der Waals surface area contributed by atoms with Gasteiger partial charge in [-0.2, -0.15) is 0 Å². The number of hydrogen-bond donors (Lipinski definition) is 1. The van der Waals surface area contributed by atoms with Crippen LogP contribution in [0.2, 0.25) is 0 Å². The second-order valence-electron chi connectivity index (χ2n) is 4.22. The summed E-state index contributed by atoms with van der Waals surface area (Å²) in [7, 11) is 1.97. The first kappa shape index (κ1) is 11.8. The molecular formula is C13H18N4. The zero-order valence-electron chi connectivity index (χ0n) is 10.3. The molecule has 0 saturated heterocycles. The minimum absolute atomic E-state index is 0.438. The topological polar surface area (TPSA) is 56.7 Å². The molecule has 0 bridgehead atoms. The second kappa shape index (κ2) is 5.10. The highest BCUT2D eigenvalue weighted by Gasteiger charge is 2.07. The van der Waals surface area contributed by atoms with Crippen molar-refractivity contribution in [3.63, 3.8) is 0 Å². The van der Waals surface area contributed by atoms with E-state index >= 15 is 0 Å². The summed E-state index contributed by atoms with van der Waals surface area (Å²) in [6.07, 6.45) is 1.89. The molecule has 0 aliphatic rings. The number of rotatable bonds is 4. The lowest BCUT2D eigenvalue weighted by Gasteiger charge is -2.05. The molecule has 0 aliphatic carbocycles. The largest absolute Gasteiger partial charge is 0.324 e. The minimum atomic E-state index is 0.438. The summed E-state index contributed by atoms with van der Waals surface area (Å²) in [5.41, 5.74) is 8.27. The maximum atomic E-state index is 5.57. The molecular weight excluding hydrogens is 212 g/mol. The lowest BCUT2D eigenvalue weighted by atomic mass is 10.0. The maximum Gasteiger partial charge on any atom is 0.146 e. The highest BCUT2D eigenvalue weighted by molar-refractivity contribution is 5.26. The Morgan fingerprint density at radius 1 is 1.12 bits per heavy atom. The first-order valence-electron chi connectivity index (χ1n) is 5.84. The first-order chi connectivity index (χ1) is 8.22. The van der Waals surface area contributed by atoms with E-state index < -0.39 is 0 Å². The van der Waals surface area contributed by atoms with E-state index in [2.05, 4.69) is 41.4 Å². The lowest BCUT2D eigenvalue weighted by molar-refractivity contribution is 0.732. The van der Waals surface area contributed by atoms with E-state index in [4.69, 9.17) is 5.73 Å². The van der Waals surface area contributed by atoms with Gasteiger partial charge in [0.15, 0.2) is 0 Å². The molecule has 0 radical (unpaired) electrons. The smallest absolute Gasteiger partial charge is 0.146 e. The molecule has 0 unspecified atom stereocenters. The molecule has 17 heavy (non-hydrogen) atoms. The Kier molecular flexibility index (Phi) is 3.54. The van der Waals surface area contributed by atoms with Crippen LogP contribution in [0.1, 0.15) is 22.8 Å². The van der Waals surface area contributed by atoms with Crippen molar-refractivity contribution in [2.75, 3.05) is 0 Å². The fourth-order valence-corrected chi connectivity index (χ4v) is 1.93. The van der Waals surface area contributed by atoms with E-state index in [0.29, 0.717) is 6.54 Å². The van der Waals surface area contributed by atoms with Gasteiger partial charge in [-0.1, -0.05) is 24.3 Å². The quantitative estimate of drug-likeness (QED) is 0.863. The van der Waals surface area contributed by atoms with Gasteiger partial charge in [0.2, 0.25) is 0 Å². The Morgan fingerprint density at radius 3 is 2.47 bits per heavy atom. The lowest BCUT2D eigenvalue weighted by Crippen LogP contribution is -2.07. The van der Waals surface area contributed by atoms with Crippen LogP contribution in [-0.4, -0.2) is 14.8 Å².